The van der Waals surface area contributed by atoms with Crippen molar-refractivity contribution in [1.29, 1.82) is 0 Å². The molecule has 0 aliphatic carbocycles. The van der Waals surface area contributed by atoms with Gasteiger partial charge >= 0.3 is 0 Å². The highest BCUT2D eigenvalue weighted by Gasteiger charge is 2.32. The van der Waals surface area contributed by atoms with Gasteiger partial charge in [-0.1, -0.05) is 62.2 Å². The van der Waals surface area contributed by atoms with E-state index in [1.54, 1.807) is 7.11 Å². The van der Waals surface area contributed by atoms with Gasteiger partial charge in [-0.25, -0.2) is 0 Å². The second kappa shape index (κ2) is 7.06. The van der Waals surface area contributed by atoms with E-state index in [-0.39, 0.29) is 11.0 Å². The Bertz CT molecular complexity index is 345. The van der Waals surface area contributed by atoms with Crippen LogP contribution in [0.4, 0.5) is 0 Å². The minimum Gasteiger partial charge on any atom is -0.379 e. The molecule has 0 saturated heterocycles. The molecule has 3 heteroatoms. The van der Waals surface area contributed by atoms with E-state index in [1.165, 1.54) is 5.56 Å². The minimum absolute atomic E-state index is 0.0651. The van der Waals surface area contributed by atoms with Crippen molar-refractivity contribution in [2.24, 2.45) is 0 Å². The summed E-state index contributed by atoms with van der Waals surface area (Å²) in [7, 11) is 1.78. The van der Waals surface area contributed by atoms with Crippen LogP contribution in [-0.4, -0.2) is 23.4 Å². The molecule has 0 radical (unpaired) electrons. The fraction of sp³-hybridized carbons (Fsp3) is 0.600. The number of alkyl halides is 2. The normalized spacial score (nSPS) is 12.7. The molecule has 0 atom stereocenters. The lowest BCUT2D eigenvalue weighted by Crippen LogP contribution is -2.34. The van der Waals surface area contributed by atoms with Gasteiger partial charge in [-0.3, -0.25) is 0 Å². The summed E-state index contributed by atoms with van der Waals surface area (Å²) in [4.78, 5) is 0. The van der Waals surface area contributed by atoms with Crippen molar-refractivity contribution >= 4 is 31.9 Å². The van der Waals surface area contributed by atoms with Gasteiger partial charge in [0.1, 0.15) is 0 Å². The van der Waals surface area contributed by atoms with Crippen LogP contribution in [0.15, 0.2) is 30.3 Å². The zero-order chi connectivity index (χ0) is 13.6. The van der Waals surface area contributed by atoms with Gasteiger partial charge in [-0.05, 0) is 32.3 Å². The lowest BCUT2D eigenvalue weighted by Gasteiger charge is -2.34. The van der Waals surface area contributed by atoms with E-state index >= 15 is 0 Å². The first-order valence-electron chi connectivity index (χ1n) is 6.22. The Hall–Kier alpha value is 0.140. The Morgan fingerprint density at radius 1 is 1.00 bits per heavy atom. The van der Waals surface area contributed by atoms with Gasteiger partial charge in [0.25, 0.3) is 0 Å². The highest BCUT2D eigenvalue weighted by atomic mass is 79.9. The molecule has 0 aliphatic heterocycles. The second-order valence-electron chi connectivity index (χ2n) is 5.38. The summed E-state index contributed by atoms with van der Waals surface area (Å²) in [5.74, 6) is 0. The number of halogens is 2. The van der Waals surface area contributed by atoms with Crippen LogP contribution >= 0.6 is 31.9 Å². The van der Waals surface area contributed by atoms with E-state index in [9.17, 15) is 0 Å². The predicted molar refractivity (Wildman–Crippen MR) is 86.0 cm³/mol. The van der Waals surface area contributed by atoms with Crippen molar-refractivity contribution < 1.29 is 4.74 Å². The lowest BCUT2D eigenvalue weighted by molar-refractivity contribution is 0.0102. The molecule has 102 valence electrons. The zero-order valence-electron chi connectivity index (χ0n) is 11.4. The molecule has 0 bridgehead atoms. The van der Waals surface area contributed by atoms with Gasteiger partial charge in [-0.2, -0.15) is 0 Å². The Morgan fingerprint density at radius 2 is 1.56 bits per heavy atom. The lowest BCUT2D eigenvalue weighted by atomic mass is 9.78. The number of rotatable bonds is 7. The van der Waals surface area contributed by atoms with Crippen LogP contribution in [0, 0.1) is 0 Å². The fourth-order valence-electron chi connectivity index (χ4n) is 1.90. The summed E-state index contributed by atoms with van der Waals surface area (Å²) in [6.07, 6.45) is 2.13. The maximum Gasteiger partial charge on any atom is 0.0623 e. The van der Waals surface area contributed by atoms with Gasteiger partial charge in [-0.15, -0.1) is 0 Å². The first-order chi connectivity index (χ1) is 8.49. The molecule has 0 saturated carbocycles. The van der Waals surface area contributed by atoms with Crippen LogP contribution in [0.25, 0.3) is 0 Å². The first-order valence-corrected chi connectivity index (χ1v) is 8.46. The van der Waals surface area contributed by atoms with Crippen molar-refractivity contribution in [1.82, 2.24) is 0 Å². The standard InChI is InChI=1S/C15H22Br2O/c1-14(2,18-3)9-10-15(11-16,12-17)13-7-5-4-6-8-13/h4-8H,9-12H2,1-3H3. The van der Waals surface area contributed by atoms with E-state index in [2.05, 4.69) is 76.0 Å². The van der Waals surface area contributed by atoms with Crippen molar-refractivity contribution in [3.05, 3.63) is 35.9 Å². The quantitative estimate of drug-likeness (QED) is 0.612. The zero-order valence-corrected chi connectivity index (χ0v) is 14.6. The van der Waals surface area contributed by atoms with Crippen molar-refractivity contribution in [2.75, 3.05) is 17.8 Å². The molecule has 0 aromatic heterocycles. The molecule has 1 aromatic rings. The highest BCUT2D eigenvalue weighted by Crippen LogP contribution is 2.35. The topological polar surface area (TPSA) is 9.23 Å². The molecule has 0 unspecified atom stereocenters. The average molecular weight is 378 g/mol. The van der Waals surface area contributed by atoms with Gasteiger partial charge in [0.2, 0.25) is 0 Å². The third-order valence-electron chi connectivity index (χ3n) is 3.66. The molecule has 1 rings (SSSR count). The van der Waals surface area contributed by atoms with E-state index in [0.717, 1.165) is 23.5 Å². The van der Waals surface area contributed by atoms with Crippen LogP contribution in [-0.2, 0) is 10.2 Å². The maximum atomic E-state index is 5.53. The molecular formula is C15H22Br2O. The average Bonchev–Trinajstić information content (AvgIpc) is 2.42. The highest BCUT2D eigenvalue weighted by molar-refractivity contribution is 9.09. The van der Waals surface area contributed by atoms with Gasteiger partial charge in [0.15, 0.2) is 0 Å². The maximum absolute atomic E-state index is 5.53. The summed E-state index contributed by atoms with van der Waals surface area (Å²) in [5.41, 5.74) is 1.45. The molecule has 1 nitrogen and oxygen atoms in total. The van der Waals surface area contributed by atoms with Crippen LogP contribution in [0.1, 0.15) is 32.3 Å². The minimum atomic E-state index is -0.0651. The van der Waals surface area contributed by atoms with Crippen LogP contribution < -0.4 is 0 Å². The van der Waals surface area contributed by atoms with Gasteiger partial charge in [0, 0.05) is 23.2 Å². The molecule has 0 N–H and O–H groups in total. The molecule has 0 heterocycles. The Balaban J connectivity index is 2.88. The Kier molecular flexibility index (Phi) is 6.36. The van der Waals surface area contributed by atoms with Crippen LogP contribution in [0.3, 0.4) is 0 Å². The summed E-state index contributed by atoms with van der Waals surface area (Å²) in [6, 6.07) is 10.7. The van der Waals surface area contributed by atoms with E-state index in [0.29, 0.717) is 0 Å². The number of hydrogen-bond donors (Lipinski definition) is 0. The summed E-state index contributed by atoms with van der Waals surface area (Å²) in [6.45, 7) is 4.29. The molecule has 1 aromatic carbocycles. The molecule has 0 fully saturated rings. The molecule has 0 spiro atoms. The molecular weight excluding hydrogens is 356 g/mol. The number of ether oxygens (including phenoxy) is 1. The van der Waals surface area contributed by atoms with Gasteiger partial charge < -0.3 is 4.74 Å². The van der Waals surface area contributed by atoms with Crippen molar-refractivity contribution in [3.8, 4) is 0 Å². The third-order valence-corrected chi connectivity index (χ3v) is 5.80. The van der Waals surface area contributed by atoms with Crippen LogP contribution in [0.5, 0.6) is 0 Å². The number of hydrogen-bond acceptors (Lipinski definition) is 1. The van der Waals surface area contributed by atoms with Gasteiger partial charge in [0.05, 0.1) is 5.60 Å². The Morgan fingerprint density at radius 3 is 2.00 bits per heavy atom. The largest absolute Gasteiger partial charge is 0.379 e. The summed E-state index contributed by atoms with van der Waals surface area (Å²) < 4.78 is 5.53. The smallest absolute Gasteiger partial charge is 0.0623 e. The summed E-state index contributed by atoms with van der Waals surface area (Å²) in [5, 5.41) is 1.91. The molecule has 0 amide bonds. The molecule has 18 heavy (non-hydrogen) atoms. The number of methoxy groups -OCH3 is 1. The fourth-order valence-corrected chi connectivity index (χ4v) is 4.04. The van der Waals surface area contributed by atoms with Crippen molar-refractivity contribution in [3.63, 3.8) is 0 Å². The second-order valence-corrected chi connectivity index (χ2v) is 6.50. The van der Waals surface area contributed by atoms with Crippen molar-refractivity contribution in [2.45, 2.75) is 37.7 Å². The van der Waals surface area contributed by atoms with E-state index in [4.69, 9.17) is 4.74 Å². The predicted octanol–water partition coefficient (Wildman–Crippen LogP) is 4.92. The molecule has 0 aliphatic rings. The SMILES string of the molecule is COC(C)(C)CCC(CBr)(CBr)c1ccccc1. The monoisotopic (exact) mass is 376 g/mol. The van der Waals surface area contributed by atoms with E-state index < -0.39 is 0 Å². The van der Waals surface area contributed by atoms with E-state index in [1.807, 2.05) is 0 Å². The third kappa shape index (κ3) is 4.07. The first kappa shape index (κ1) is 16.2. The Labute approximate surface area is 128 Å². The van der Waals surface area contributed by atoms with Crippen LogP contribution in [0.2, 0.25) is 0 Å². The number of benzene rings is 1. The summed E-state index contributed by atoms with van der Waals surface area (Å²) >= 11 is 7.38.